The zero-order valence-corrected chi connectivity index (χ0v) is 15.2. The number of likely N-dealkylation sites (tertiary alicyclic amines) is 1. The number of H-pyrrole nitrogens is 1. The quantitative estimate of drug-likeness (QED) is 0.810. The topological polar surface area (TPSA) is 73.9 Å². The first-order valence-corrected chi connectivity index (χ1v) is 9.79. The van der Waals surface area contributed by atoms with Crippen LogP contribution in [0.5, 0.6) is 0 Å². The monoisotopic (exact) mass is 353 g/mol. The normalized spacial score (nSPS) is 18.9. The van der Waals surface area contributed by atoms with E-state index in [9.17, 15) is 4.79 Å². The highest BCUT2D eigenvalue weighted by Crippen LogP contribution is 2.25. The van der Waals surface area contributed by atoms with E-state index in [2.05, 4.69) is 25.4 Å². The van der Waals surface area contributed by atoms with Gasteiger partial charge in [0.2, 0.25) is 5.91 Å². The maximum Gasteiger partial charge on any atom is 0.242 e. The number of aryl methyl sites for hydroxylation is 1. The van der Waals surface area contributed by atoms with Gasteiger partial charge < -0.3 is 5.32 Å². The molecule has 1 saturated heterocycles. The summed E-state index contributed by atoms with van der Waals surface area (Å²) in [5.74, 6) is 0.0465. The summed E-state index contributed by atoms with van der Waals surface area (Å²) in [4.78, 5) is 19.5. The molecule has 2 N–H and O–H groups in total. The fourth-order valence-corrected chi connectivity index (χ4v) is 4.21. The van der Waals surface area contributed by atoms with Gasteiger partial charge in [0, 0.05) is 18.1 Å². The van der Waals surface area contributed by atoms with Crippen molar-refractivity contribution in [1.82, 2.24) is 25.4 Å². The lowest BCUT2D eigenvalue weighted by Gasteiger charge is -2.26. The van der Waals surface area contributed by atoms with Gasteiger partial charge in [-0.1, -0.05) is 12.5 Å². The Balaban J connectivity index is 1.48. The smallest absolute Gasteiger partial charge is 0.242 e. The predicted octanol–water partition coefficient (Wildman–Crippen LogP) is 2.53. The second kappa shape index (κ2) is 7.99. The van der Waals surface area contributed by atoms with Crippen molar-refractivity contribution in [2.75, 3.05) is 13.1 Å². The molecule has 6 heteroatoms. The number of fused-ring (bicyclic) bond motifs is 1. The molecule has 138 valence electrons. The van der Waals surface area contributed by atoms with Gasteiger partial charge in [-0.2, -0.15) is 5.10 Å². The SMILES string of the molecule is O=C(NCc1n[nH]c2c1CCCCC2)C(c1cccnc1)N1CCCC1. The van der Waals surface area contributed by atoms with Crippen LogP contribution in [0, 0.1) is 0 Å². The third-order valence-corrected chi connectivity index (χ3v) is 5.58. The van der Waals surface area contributed by atoms with Gasteiger partial charge in [0.15, 0.2) is 0 Å². The zero-order valence-electron chi connectivity index (χ0n) is 15.2. The molecule has 2 aromatic rings. The van der Waals surface area contributed by atoms with Crippen LogP contribution in [0.15, 0.2) is 24.5 Å². The van der Waals surface area contributed by atoms with Gasteiger partial charge >= 0.3 is 0 Å². The Kier molecular flexibility index (Phi) is 5.29. The van der Waals surface area contributed by atoms with Crippen LogP contribution in [0.25, 0.3) is 0 Å². The van der Waals surface area contributed by atoms with Crippen LogP contribution in [0.4, 0.5) is 0 Å². The van der Waals surface area contributed by atoms with E-state index in [1.165, 1.54) is 30.5 Å². The van der Waals surface area contributed by atoms with Crippen molar-refractivity contribution in [3.63, 3.8) is 0 Å². The molecule has 2 aromatic heterocycles. The number of rotatable bonds is 5. The lowest BCUT2D eigenvalue weighted by molar-refractivity contribution is -0.126. The summed E-state index contributed by atoms with van der Waals surface area (Å²) >= 11 is 0. The largest absolute Gasteiger partial charge is 0.349 e. The van der Waals surface area contributed by atoms with E-state index in [0.717, 1.165) is 50.0 Å². The second-order valence-electron chi connectivity index (χ2n) is 7.34. The molecule has 1 aliphatic carbocycles. The average Bonchev–Trinajstić information content (AvgIpc) is 3.26. The summed E-state index contributed by atoms with van der Waals surface area (Å²) in [6, 6.07) is 3.64. The lowest BCUT2D eigenvalue weighted by Crippen LogP contribution is -2.39. The molecule has 0 spiro atoms. The summed E-state index contributed by atoms with van der Waals surface area (Å²) in [5, 5.41) is 10.8. The van der Waals surface area contributed by atoms with Crippen molar-refractivity contribution < 1.29 is 4.79 Å². The molecule has 0 radical (unpaired) electrons. The van der Waals surface area contributed by atoms with E-state index in [0.29, 0.717) is 6.54 Å². The first kappa shape index (κ1) is 17.2. The minimum absolute atomic E-state index is 0.0465. The van der Waals surface area contributed by atoms with Gasteiger partial charge in [0.25, 0.3) is 0 Å². The van der Waals surface area contributed by atoms with Crippen LogP contribution < -0.4 is 5.32 Å². The highest BCUT2D eigenvalue weighted by molar-refractivity contribution is 5.83. The minimum atomic E-state index is -0.260. The molecule has 0 aromatic carbocycles. The number of amides is 1. The fourth-order valence-electron chi connectivity index (χ4n) is 4.21. The molecule has 6 nitrogen and oxygen atoms in total. The number of carbonyl (C=O) groups is 1. The van der Waals surface area contributed by atoms with Gasteiger partial charge in [-0.05, 0) is 68.8 Å². The molecule has 1 unspecified atom stereocenters. The Bertz CT molecular complexity index is 736. The Labute approximate surface area is 154 Å². The third kappa shape index (κ3) is 3.65. The first-order valence-electron chi connectivity index (χ1n) is 9.79. The van der Waals surface area contributed by atoms with E-state index in [1.807, 2.05) is 18.3 Å². The van der Waals surface area contributed by atoms with E-state index in [1.54, 1.807) is 6.20 Å². The lowest BCUT2D eigenvalue weighted by atomic mass is 10.1. The molecule has 4 rings (SSSR count). The maximum atomic E-state index is 13.0. The molecule has 0 bridgehead atoms. The van der Waals surface area contributed by atoms with Crippen molar-refractivity contribution in [3.05, 3.63) is 47.0 Å². The van der Waals surface area contributed by atoms with E-state index in [-0.39, 0.29) is 11.9 Å². The Morgan fingerprint density at radius 2 is 2.04 bits per heavy atom. The van der Waals surface area contributed by atoms with Gasteiger partial charge in [-0.3, -0.25) is 19.8 Å². The average molecular weight is 353 g/mol. The van der Waals surface area contributed by atoms with Crippen molar-refractivity contribution >= 4 is 5.91 Å². The van der Waals surface area contributed by atoms with Gasteiger partial charge in [0.05, 0.1) is 12.2 Å². The summed E-state index contributed by atoms with van der Waals surface area (Å²) in [6.07, 6.45) is 11.7. The number of nitrogens with zero attached hydrogens (tertiary/aromatic N) is 3. The van der Waals surface area contributed by atoms with Crippen LogP contribution in [-0.2, 0) is 24.2 Å². The fraction of sp³-hybridized carbons (Fsp3) is 0.550. The van der Waals surface area contributed by atoms with Crippen LogP contribution >= 0.6 is 0 Å². The summed E-state index contributed by atoms with van der Waals surface area (Å²) in [6.45, 7) is 2.42. The Hall–Kier alpha value is -2.21. The Morgan fingerprint density at radius 3 is 2.85 bits per heavy atom. The van der Waals surface area contributed by atoms with Crippen LogP contribution in [-0.4, -0.2) is 39.1 Å². The highest BCUT2D eigenvalue weighted by atomic mass is 16.2. The third-order valence-electron chi connectivity index (χ3n) is 5.58. The summed E-state index contributed by atoms with van der Waals surface area (Å²) < 4.78 is 0. The molecule has 0 saturated carbocycles. The van der Waals surface area contributed by atoms with Crippen molar-refractivity contribution in [2.24, 2.45) is 0 Å². The van der Waals surface area contributed by atoms with Gasteiger partial charge in [0.1, 0.15) is 6.04 Å². The molecule has 1 aliphatic heterocycles. The number of pyridine rings is 1. The molecule has 3 heterocycles. The van der Waals surface area contributed by atoms with Gasteiger partial charge in [-0.15, -0.1) is 0 Å². The van der Waals surface area contributed by atoms with Crippen LogP contribution in [0.2, 0.25) is 0 Å². The predicted molar refractivity (Wildman–Crippen MR) is 99.5 cm³/mol. The molecule has 1 fully saturated rings. The number of hydrogen-bond donors (Lipinski definition) is 2. The maximum absolute atomic E-state index is 13.0. The van der Waals surface area contributed by atoms with Crippen LogP contribution in [0.1, 0.15) is 60.7 Å². The first-order chi connectivity index (χ1) is 12.8. The number of hydrogen-bond acceptors (Lipinski definition) is 4. The number of carbonyl (C=O) groups excluding carboxylic acids is 1. The zero-order chi connectivity index (χ0) is 17.8. The summed E-state index contributed by atoms with van der Waals surface area (Å²) in [7, 11) is 0. The number of aromatic amines is 1. The summed E-state index contributed by atoms with van der Waals surface area (Å²) in [5.41, 5.74) is 4.55. The molecular weight excluding hydrogens is 326 g/mol. The molecule has 1 atom stereocenters. The van der Waals surface area contributed by atoms with Crippen molar-refractivity contribution in [2.45, 2.75) is 57.5 Å². The molecule has 26 heavy (non-hydrogen) atoms. The highest BCUT2D eigenvalue weighted by Gasteiger charge is 2.30. The Morgan fingerprint density at radius 1 is 1.19 bits per heavy atom. The number of aromatic nitrogens is 3. The van der Waals surface area contributed by atoms with E-state index < -0.39 is 0 Å². The van der Waals surface area contributed by atoms with Gasteiger partial charge in [-0.25, -0.2) is 0 Å². The molecule has 1 amide bonds. The van der Waals surface area contributed by atoms with E-state index in [4.69, 9.17) is 0 Å². The van der Waals surface area contributed by atoms with Crippen molar-refractivity contribution in [3.8, 4) is 0 Å². The number of nitrogens with one attached hydrogen (secondary N) is 2. The van der Waals surface area contributed by atoms with Crippen molar-refractivity contribution in [1.29, 1.82) is 0 Å². The minimum Gasteiger partial charge on any atom is -0.349 e. The van der Waals surface area contributed by atoms with Crippen LogP contribution in [0.3, 0.4) is 0 Å². The molecule has 2 aliphatic rings. The second-order valence-corrected chi connectivity index (χ2v) is 7.34. The standard InChI is InChI=1S/C20H27N5O/c26-20(19(25-11-4-5-12-25)15-7-6-10-21-13-15)22-14-18-16-8-2-1-3-9-17(16)23-24-18/h6-7,10,13,19H,1-5,8-9,11-12,14H2,(H,22,26)(H,23,24). The van der Waals surface area contributed by atoms with E-state index >= 15 is 0 Å². The molecular formula is C20H27N5O.